The number of aromatic amines is 1. The number of aromatic carboxylic acids is 1. The lowest BCUT2D eigenvalue weighted by Gasteiger charge is -1.91. The van der Waals surface area contributed by atoms with Crippen LogP contribution in [0.1, 0.15) is 10.6 Å². The van der Waals surface area contributed by atoms with Crippen LogP contribution in [0.15, 0.2) is 12.1 Å². The molecule has 0 saturated carbocycles. The molecule has 0 bridgehead atoms. The maximum atomic E-state index is 12.9. The number of hydrogen-bond acceptors (Lipinski definition) is 2. The smallest absolute Gasteiger partial charge is 0.371 e. The fourth-order valence-electron chi connectivity index (χ4n) is 1.11. The Morgan fingerprint density at radius 2 is 2.29 bits per heavy atom. The molecule has 0 aliphatic heterocycles. The number of halogens is 2. The zero-order valence-corrected chi connectivity index (χ0v) is 7.47. The van der Waals surface area contributed by atoms with Crippen molar-refractivity contribution in [2.75, 3.05) is 0 Å². The third kappa shape index (κ3) is 1.31. The summed E-state index contributed by atoms with van der Waals surface area (Å²) in [6, 6.07) is 2.38. The standard InChI is InChI=1S/C8H4ClFN2O2/c9-3-1-5-6(2-4(3)10)12-7(11-5)8(13)14/h1-2H,(H,11,12)(H,13,14). The van der Waals surface area contributed by atoms with Crippen molar-refractivity contribution in [3.05, 3.63) is 28.8 Å². The maximum absolute atomic E-state index is 12.9. The molecule has 2 rings (SSSR count). The highest BCUT2D eigenvalue weighted by molar-refractivity contribution is 6.31. The van der Waals surface area contributed by atoms with Gasteiger partial charge in [-0.25, -0.2) is 14.2 Å². The number of fused-ring (bicyclic) bond motifs is 1. The van der Waals surface area contributed by atoms with Crippen LogP contribution in [-0.2, 0) is 0 Å². The third-order valence-electron chi connectivity index (χ3n) is 1.73. The SMILES string of the molecule is O=C(O)c1nc2cc(Cl)c(F)cc2[nH]1. The minimum absolute atomic E-state index is 0.0825. The molecule has 0 fully saturated rings. The number of rotatable bonds is 1. The van der Waals surface area contributed by atoms with Crippen LogP contribution >= 0.6 is 11.6 Å². The minimum Gasteiger partial charge on any atom is -0.475 e. The molecule has 0 unspecified atom stereocenters. The van der Waals surface area contributed by atoms with Crippen molar-refractivity contribution in [2.24, 2.45) is 0 Å². The van der Waals surface area contributed by atoms with Gasteiger partial charge in [0, 0.05) is 6.07 Å². The molecule has 4 nitrogen and oxygen atoms in total. The van der Waals surface area contributed by atoms with Crippen molar-refractivity contribution in [1.82, 2.24) is 9.97 Å². The molecule has 1 heterocycles. The molecule has 0 aliphatic rings. The molecule has 0 amide bonds. The number of carboxylic acids is 1. The predicted octanol–water partition coefficient (Wildman–Crippen LogP) is 2.05. The average Bonchev–Trinajstić information content (AvgIpc) is 2.48. The summed E-state index contributed by atoms with van der Waals surface area (Å²) >= 11 is 5.50. The van der Waals surface area contributed by atoms with Gasteiger partial charge in [-0.3, -0.25) is 0 Å². The van der Waals surface area contributed by atoms with Gasteiger partial charge in [0.1, 0.15) is 5.82 Å². The van der Waals surface area contributed by atoms with Crippen LogP contribution in [0.2, 0.25) is 5.02 Å². The summed E-state index contributed by atoms with van der Waals surface area (Å²) in [7, 11) is 0. The van der Waals surface area contributed by atoms with Crippen molar-refractivity contribution in [3.8, 4) is 0 Å². The summed E-state index contributed by atoms with van der Waals surface area (Å²) < 4.78 is 12.9. The summed E-state index contributed by atoms with van der Waals surface area (Å²) in [6.07, 6.45) is 0. The van der Waals surface area contributed by atoms with Crippen LogP contribution in [0.25, 0.3) is 11.0 Å². The Labute approximate surface area is 82.3 Å². The molecule has 0 atom stereocenters. The van der Waals surface area contributed by atoms with Crippen molar-refractivity contribution in [1.29, 1.82) is 0 Å². The zero-order chi connectivity index (χ0) is 10.3. The van der Waals surface area contributed by atoms with Gasteiger partial charge in [0.15, 0.2) is 0 Å². The van der Waals surface area contributed by atoms with E-state index in [0.29, 0.717) is 11.0 Å². The summed E-state index contributed by atoms with van der Waals surface area (Å²) in [5, 5.41) is 8.52. The molecule has 72 valence electrons. The molecule has 0 aliphatic carbocycles. The molecule has 6 heteroatoms. The van der Waals surface area contributed by atoms with Gasteiger partial charge in [-0.15, -0.1) is 0 Å². The second kappa shape index (κ2) is 2.95. The summed E-state index contributed by atoms with van der Waals surface area (Å²) in [4.78, 5) is 16.7. The first kappa shape index (κ1) is 8.96. The number of nitrogens with one attached hydrogen (secondary N) is 1. The van der Waals surface area contributed by atoms with E-state index in [1.165, 1.54) is 6.07 Å². The van der Waals surface area contributed by atoms with E-state index in [9.17, 15) is 9.18 Å². The molecule has 0 saturated heterocycles. The number of hydrogen-bond donors (Lipinski definition) is 2. The maximum Gasteiger partial charge on any atom is 0.371 e. The highest BCUT2D eigenvalue weighted by Gasteiger charge is 2.11. The largest absolute Gasteiger partial charge is 0.475 e. The Morgan fingerprint density at radius 3 is 2.93 bits per heavy atom. The Balaban J connectivity index is 2.72. The summed E-state index contributed by atoms with van der Waals surface area (Å²) in [5.74, 6) is -2.04. The lowest BCUT2D eigenvalue weighted by Crippen LogP contribution is -1.97. The number of imidazole rings is 1. The van der Waals surface area contributed by atoms with E-state index in [2.05, 4.69) is 9.97 Å². The lowest BCUT2D eigenvalue weighted by atomic mass is 10.3. The van der Waals surface area contributed by atoms with E-state index < -0.39 is 11.8 Å². The first-order chi connectivity index (χ1) is 6.58. The van der Waals surface area contributed by atoms with Gasteiger partial charge in [0.2, 0.25) is 5.82 Å². The van der Waals surface area contributed by atoms with E-state index >= 15 is 0 Å². The molecule has 14 heavy (non-hydrogen) atoms. The van der Waals surface area contributed by atoms with E-state index in [0.717, 1.165) is 6.07 Å². The second-order valence-electron chi connectivity index (χ2n) is 2.67. The first-order valence-electron chi connectivity index (χ1n) is 3.66. The van der Waals surface area contributed by atoms with Crippen molar-refractivity contribution < 1.29 is 14.3 Å². The van der Waals surface area contributed by atoms with E-state index in [1.807, 2.05) is 0 Å². The van der Waals surface area contributed by atoms with Gasteiger partial charge in [0.25, 0.3) is 0 Å². The van der Waals surface area contributed by atoms with Crippen molar-refractivity contribution in [3.63, 3.8) is 0 Å². The van der Waals surface area contributed by atoms with E-state index in [4.69, 9.17) is 16.7 Å². The van der Waals surface area contributed by atoms with Gasteiger partial charge in [-0.05, 0) is 6.07 Å². The lowest BCUT2D eigenvalue weighted by molar-refractivity contribution is 0.0685. The van der Waals surface area contributed by atoms with Crippen LogP contribution in [-0.4, -0.2) is 21.0 Å². The fourth-order valence-corrected chi connectivity index (χ4v) is 1.26. The van der Waals surface area contributed by atoms with E-state index in [1.54, 1.807) is 0 Å². The number of H-pyrrole nitrogens is 1. The molecule has 2 N–H and O–H groups in total. The average molecular weight is 215 g/mol. The van der Waals surface area contributed by atoms with Gasteiger partial charge in [-0.2, -0.15) is 0 Å². The van der Waals surface area contributed by atoms with Crippen molar-refractivity contribution in [2.45, 2.75) is 0 Å². The quantitative estimate of drug-likeness (QED) is 0.764. The topological polar surface area (TPSA) is 66.0 Å². The van der Waals surface area contributed by atoms with Crippen LogP contribution in [0.3, 0.4) is 0 Å². The summed E-state index contributed by atoms with van der Waals surface area (Å²) in [6.45, 7) is 0. The molecular weight excluding hydrogens is 211 g/mol. The van der Waals surface area contributed by atoms with Crippen LogP contribution in [0.4, 0.5) is 4.39 Å². The first-order valence-corrected chi connectivity index (χ1v) is 4.04. The van der Waals surface area contributed by atoms with Crippen LogP contribution in [0, 0.1) is 5.82 Å². The van der Waals surface area contributed by atoms with Crippen molar-refractivity contribution >= 4 is 28.6 Å². The Kier molecular flexibility index (Phi) is 1.89. The highest BCUT2D eigenvalue weighted by Crippen LogP contribution is 2.21. The zero-order valence-electron chi connectivity index (χ0n) is 6.71. The van der Waals surface area contributed by atoms with Gasteiger partial charge >= 0.3 is 5.97 Å². The number of benzene rings is 1. The minimum atomic E-state index is -1.20. The Bertz CT molecular complexity index is 484. The Hall–Kier alpha value is -1.62. The highest BCUT2D eigenvalue weighted by atomic mass is 35.5. The third-order valence-corrected chi connectivity index (χ3v) is 2.02. The molecule has 1 aromatic carbocycles. The molecule has 1 aromatic heterocycles. The van der Waals surface area contributed by atoms with Gasteiger partial charge in [0.05, 0.1) is 16.1 Å². The number of aromatic nitrogens is 2. The molecule has 2 aromatic rings. The second-order valence-corrected chi connectivity index (χ2v) is 3.08. The molecule has 0 spiro atoms. The van der Waals surface area contributed by atoms with Gasteiger partial charge in [-0.1, -0.05) is 11.6 Å². The number of carbonyl (C=O) groups is 1. The van der Waals surface area contributed by atoms with E-state index in [-0.39, 0.29) is 10.8 Å². The molecule has 0 radical (unpaired) electrons. The Morgan fingerprint density at radius 1 is 1.57 bits per heavy atom. The number of carboxylic acid groups (broad SMARTS) is 1. The molecular formula is C8H4ClFN2O2. The number of nitrogens with zero attached hydrogens (tertiary/aromatic N) is 1. The van der Waals surface area contributed by atoms with Crippen LogP contribution in [0.5, 0.6) is 0 Å². The monoisotopic (exact) mass is 214 g/mol. The summed E-state index contributed by atoms with van der Waals surface area (Å²) in [5.41, 5.74) is 0.637. The normalized spacial score (nSPS) is 10.7. The van der Waals surface area contributed by atoms with Gasteiger partial charge < -0.3 is 10.1 Å². The fraction of sp³-hybridized carbons (Fsp3) is 0. The van der Waals surface area contributed by atoms with Crippen LogP contribution < -0.4 is 0 Å². The predicted molar refractivity (Wildman–Crippen MR) is 48.0 cm³/mol.